The van der Waals surface area contributed by atoms with E-state index in [1.54, 1.807) is 25.1 Å². The third kappa shape index (κ3) is 6.92. The molecule has 1 atom stereocenters. The van der Waals surface area contributed by atoms with Gasteiger partial charge in [0.05, 0.1) is 0 Å². The average Bonchev–Trinajstić information content (AvgIpc) is 2.63. The lowest BCUT2D eigenvalue weighted by molar-refractivity contribution is -0.142. The summed E-state index contributed by atoms with van der Waals surface area (Å²) in [6.07, 6.45) is 0. The molecule has 30 heavy (non-hydrogen) atoms. The predicted octanol–water partition coefficient (Wildman–Crippen LogP) is 4.93. The van der Waals surface area contributed by atoms with Crippen molar-refractivity contribution < 1.29 is 14.3 Å². The summed E-state index contributed by atoms with van der Waals surface area (Å²) in [4.78, 5) is 27.1. The number of halogens is 2. The van der Waals surface area contributed by atoms with E-state index in [1.165, 1.54) is 4.90 Å². The summed E-state index contributed by atoms with van der Waals surface area (Å²) in [5.74, 6) is 0.0611. The van der Waals surface area contributed by atoms with Gasteiger partial charge in [-0.25, -0.2) is 0 Å². The molecule has 2 rings (SSSR count). The molecule has 1 unspecified atom stereocenters. The quantitative estimate of drug-likeness (QED) is 0.619. The maximum atomic E-state index is 13.1. The first-order chi connectivity index (χ1) is 14.1. The Morgan fingerprint density at radius 2 is 1.67 bits per heavy atom. The van der Waals surface area contributed by atoms with E-state index in [-0.39, 0.29) is 31.0 Å². The van der Waals surface area contributed by atoms with Gasteiger partial charge >= 0.3 is 0 Å². The smallest absolute Gasteiger partial charge is 0.261 e. The molecule has 5 nitrogen and oxygen atoms in total. The summed E-state index contributed by atoms with van der Waals surface area (Å²) in [6, 6.07) is 10.1. The van der Waals surface area contributed by atoms with Gasteiger partial charge in [0.2, 0.25) is 5.91 Å². The number of nitrogens with one attached hydrogen (secondary N) is 1. The van der Waals surface area contributed by atoms with E-state index in [1.807, 2.05) is 45.9 Å². The van der Waals surface area contributed by atoms with Gasteiger partial charge in [-0.1, -0.05) is 35.3 Å². The Balaban J connectivity index is 2.22. The van der Waals surface area contributed by atoms with E-state index < -0.39 is 6.04 Å². The van der Waals surface area contributed by atoms with E-state index in [0.29, 0.717) is 21.4 Å². The number of amides is 2. The van der Waals surface area contributed by atoms with Crippen LogP contribution in [0.3, 0.4) is 0 Å². The van der Waals surface area contributed by atoms with Crippen molar-refractivity contribution in [3.05, 3.63) is 63.1 Å². The molecule has 0 saturated carbocycles. The van der Waals surface area contributed by atoms with E-state index in [9.17, 15) is 9.59 Å². The molecule has 7 heteroatoms. The minimum Gasteiger partial charge on any atom is -0.484 e. The van der Waals surface area contributed by atoms with Crippen LogP contribution in [0, 0.1) is 13.8 Å². The summed E-state index contributed by atoms with van der Waals surface area (Å²) in [7, 11) is 0. The average molecular weight is 451 g/mol. The van der Waals surface area contributed by atoms with Gasteiger partial charge in [0.1, 0.15) is 11.8 Å². The molecule has 0 heterocycles. The Bertz CT molecular complexity index is 895. The first kappa shape index (κ1) is 24.0. The fourth-order valence-electron chi connectivity index (χ4n) is 3.07. The van der Waals surface area contributed by atoms with Crippen LogP contribution < -0.4 is 10.1 Å². The van der Waals surface area contributed by atoms with Crippen molar-refractivity contribution in [3.8, 4) is 5.75 Å². The van der Waals surface area contributed by atoms with E-state index >= 15 is 0 Å². The second kappa shape index (κ2) is 10.7. The van der Waals surface area contributed by atoms with Crippen molar-refractivity contribution in [2.75, 3.05) is 6.61 Å². The van der Waals surface area contributed by atoms with Crippen LogP contribution in [-0.4, -0.2) is 35.4 Å². The Morgan fingerprint density at radius 3 is 2.23 bits per heavy atom. The number of hydrogen-bond donors (Lipinski definition) is 1. The Labute approximate surface area is 188 Å². The highest BCUT2D eigenvalue weighted by atomic mass is 35.5. The van der Waals surface area contributed by atoms with Crippen molar-refractivity contribution in [1.82, 2.24) is 10.2 Å². The van der Waals surface area contributed by atoms with Gasteiger partial charge in [-0.2, -0.15) is 0 Å². The third-order valence-electron chi connectivity index (χ3n) is 4.51. The number of aryl methyl sites for hydroxylation is 2. The maximum Gasteiger partial charge on any atom is 0.261 e. The van der Waals surface area contributed by atoms with Crippen molar-refractivity contribution >= 4 is 35.0 Å². The molecule has 2 aromatic carbocycles. The molecule has 0 aromatic heterocycles. The normalized spacial score (nSPS) is 11.9. The minimum atomic E-state index is -0.700. The van der Waals surface area contributed by atoms with Crippen LogP contribution in [0.1, 0.15) is 37.5 Å². The number of carbonyl (C=O) groups excluding carboxylic acids is 2. The zero-order valence-corrected chi connectivity index (χ0v) is 19.5. The monoisotopic (exact) mass is 450 g/mol. The van der Waals surface area contributed by atoms with E-state index in [4.69, 9.17) is 27.9 Å². The van der Waals surface area contributed by atoms with Crippen molar-refractivity contribution in [1.29, 1.82) is 0 Å². The van der Waals surface area contributed by atoms with Gasteiger partial charge < -0.3 is 15.0 Å². The molecule has 0 aliphatic carbocycles. The highest BCUT2D eigenvalue weighted by Gasteiger charge is 2.27. The van der Waals surface area contributed by atoms with E-state index in [0.717, 1.165) is 11.1 Å². The predicted molar refractivity (Wildman–Crippen MR) is 121 cm³/mol. The largest absolute Gasteiger partial charge is 0.484 e. The van der Waals surface area contributed by atoms with Crippen molar-refractivity contribution in [2.45, 2.75) is 53.2 Å². The molecule has 0 bridgehead atoms. The summed E-state index contributed by atoms with van der Waals surface area (Å²) in [5, 5.41) is 3.79. The zero-order valence-electron chi connectivity index (χ0n) is 18.0. The Kier molecular flexibility index (Phi) is 8.56. The summed E-state index contributed by atoms with van der Waals surface area (Å²) < 4.78 is 5.73. The Hall–Kier alpha value is -2.24. The fourth-order valence-corrected chi connectivity index (χ4v) is 3.53. The highest BCUT2D eigenvalue weighted by Crippen LogP contribution is 2.23. The number of ether oxygens (including phenoxy) is 1. The zero-order chi connectivity index (χ0) is 22.4. The van der Waals surface area contributed by atoms with Crippen LogP contribution in [-0.2, 0) is 16.1 Å². The molecule has 0 radical (unpaired) electrons. The second-order valence-corrected chi connectivity index (χ2v) is 8.55. The van der Waals surface area contributed by atoms with Crippen LogP contribution in [0.4, 0.5) is 0 Å². The lowest BCUT2D eigenvalue weighted by Gasteiger charge is -2.29. The second-order valence-electron chi connectivity index (χ2n) is 7.71. The topological polar surface area (TPSA) is 58.6 Å². The van der Waals surface area contributed by atoms with E-state index in [2.05, 4.69) is 5.32 Å². The molecule has 1 N–H and O–H groups in total. The van der Waals surface area contributed by atoms with Crippen LogP contribution >= 0.6 is 23.2 Å². The lowest BCUT2D eigenvalue weighted by atomic mass is 10.1. The standard InChI is InChI=1S/C23H28Cl2N2O3/c1-14(2)26-23(29)17(5)27(12-18-6-7-19(24)11-21(18)25)22(28)13-30-20-9-15(3)8-16(4)10-20/h6-11,14,17H,12-13H2,1-5H3,(H,26,29). The van der Waals surface area contributed by atoms with Crippen molar-refractivity contribution in [3.63, 3.8) is 0 Å². The first-order valence-electron chi connectivity index (χ1n) is 9.81. The van der Waals surface area contributed by atoms with Gasteiger partial charge in [0.25, 0.3) is 5.91 Å². The maximum absolute atomic E-state index is 13.1. The first-order valence-corrected chi connectivity index (χ1v) is 10.6. The molecule has 2 aromatic rings. The third-order valence-corrected chi connectivity index (χ3v) is 5.10. The summed E-state index contributed by atoms with van der Waals surface area (Å²) in [5.41, 5.74) is 2.80. The van der Waals surface area contributed by atoms with Crippen LogP contribution in [0.2, 0.25) is 10.0 Å². The molecule has 0 aliphatic rings. The van der Waals surface area contributed by atoms with Crippen molar-refractivity contribution in [2.24, 2.45) is 0 Å². The van der Waals surface area contributed by atoms with Gasteiger partial charge in [0.15, 0.2) is 6.61 Å². The van der Waals surface area contributed by atoms with Crippen LogP contribution in [0.15, 0.2) is 36.4 Å². The Morgan fingerprint density at radius 1 is 1.03 bits per heavy atom. The summed E-state index contributed by atoms with van der Waals surface area (Å²) >= 11 is 12.3. The number of nitrogens with zero attached hydrogens (tertiary/aromatic N) is 1. The fraction of sp³-hybridized carbons (Fsp3) is 0.391. The number of benzene rings is 2. The van der Waals surface area contributed by atoms with Gasteiger partial charge in [-0.15, -0.1) is 0 Å². The molecule has 0 spiro atoms. The van der Waals surface area contributed by atoms with Gasteiger partial charge in [-0.3, -0.25) is 9.59 Å². The minimum absolute atomic E-state index is 0.0393. The molecule has 2 amide bonds. The van der Waals surface area contributed by atoms with Crippen LogP contribution in [0.5, 0.6) is 5.75 Å². The molecule has 0 saturated heterocycles. The summed E-state index contributed by atoms with van der Waals surface area (Å²) in [6.45, 7) is 9.34. The number of carbonyl (C=O) groups is 2. The molecular weight excluding hydrogens is 423 g/mol. The SMILES string of the molecule is Cc1cc(C)cc(OCC(=O)N(Cc2ccc(Cl)cc2Cl)C(C)C(=O)NC(C)C)c1. The van der Waals surface area contributed by atoms with Gasteiger partial charge in [0, 0.05) is 22.6 Å². The molecule has 0 fully saturated rings. The number of hydrogen-bond acceptors (Lipinski definition) is 3. The van der Waals surface area contributed by atoms with Crippen LogP contribution in [0.25, 0.3) is 0 Å². The molecule has 0 aliphatic heterocycles. The highest BCUT2D eigenvalue weighted by molar-refractivity contribution is 6.35. The molecular formula is C23H28Cl2N2O3. The molecule has 162 valence electrons. The number of rotatable bonds is 8. The van der Waals surface area contributed by atoms with Gasteiger partial charge in [-0.05, 0) is 75.6 Å². The lowest BCUT2D eigenvalue weighted by Crippen LogP contribution is -2.50.